The van der Waals surface area contributed by atoms with Gasteiger partial charge in [-0.2, -0.15) is 0 Å². The minimum Gasteiger partial charge on any atom is -0.495 e. The highest BCUT2D eigenvalue weighted by Gasteiger charge is 2.47. The van der Waals surface area contributed by atoms with E-state index in [1.54, 1.807) is 25.6 Å². The van der Waals surface area contributed by atoms with Gasteiger partial charge < -0.3 is 20.5 Å². The highest BCUT2D eigenvalue weighted by molar-refractivity contribution is 6.42. The topological polar surface area (TPSA) is 110 Å². The lowest BCUT2D eigenvalue weighted by atomic mass is 9.73. The number of hydrogen-bond acceptors (Lipinski definition) is 8. The SMILES string of the molecule is COc1cnc2c(c1)[C@@H](N)C1(CCN(c3nc(C)c(-c4ccnc(Cl)c4Cl)nc3CO)CC1)C2. The summed E-state index contributed by atoms with van der Waals surface area (Å²) in [6, 6.07) is 3.68. The summed E-state index contributed by atoms with van der Waals surface area (Å²) in [5.41, 5.74) is 11.3. The van der Waals surface area contributed by atoms with E-state index in [1.165, 1.54) is 0 Å². The molecule has 4 heterocycles. The average molecular weight is 501 g/mol. The largest absolute Gasteiger partial charge is 0.495 e. The lowest BCUT2D eigenvalue weighted by Gasteiger charge is -2.42. The first-order valence-electron chi connectivity index (χ1n) is 11.2. The van der Waals surface area contributed by atoms with Crippen LogP contribution >= 0.6 is 23.2 Å². The van der Waals surface area contributed by atoms with Crippen LogP contribution in [0.3, 0.4) is 0 Å². The third-order valence-corrected chi connectivity index (χ3v) is 7.93. The Morgan fingerprint density at radius 1 is 1.24 bits per heavy atom. The Labute approximate surface area is 208 Å². The molecular weight excluding hydrogens is 475 g/mol. The fourth-order valence-electron chi connectivity index (χ4n) is 5.20. The first-order chi connectivity index (χ1) is 16.4. The average Bonchev–Trinajstić information content (AvgIpc) is 3.12. The predicted octanol–water partition coefficient (Wildman–Crippen LogP) is 3.89. The molecule has 0 amide bonds. The number of ether oxygens (including phenoxy) is 1. The standard InChI is InChI=1S/C24H26Cl2N6O2/c1-13-20(15-3-6-28-22(26)19(15)25)31-18(12-33)23(30-13)32-7-4-24(5-8-32)10-17-16(21(24)27)9-14(34-2)11-29-17/h3,6,9,11,21,33H,4-5,7-8,10,12,27H2,1-2H3/t21-/m1/s1. The Hall–Kier alpha value is -2.52. The highest BCUT2D eigenvalue weighted by Crippen LogP contribution is 2.51. The molecule has 0 bridgehead atoms. The number of nitrogens with zero attached hydrogens (tertiary/aromatic N) is 5. The molecule has 10 heteroatoms. The Morgan fingerprint density at radius 3 is 2.71 bits per heavy atom. The number of aromatic nitrogens is 4. The van der Waals surface area contributed by atoms with Crippen molar-refractivity contribution in [3.8, 4) is 17.0 Å². The van der Waals surface area contributed by atoms with Gasteiger partial charge in [0.1, 0.15) is 16.6 Å². The number of hydrogen-bond donors (Lipinski definition) is 2. The molecule has 1 fully saturated rings. The summed E-state index contributed by atoms with van der Waals surface area (Å²) in [4.78, 5) is 20.3. The molecule has 2 aliphatic rings. The third kappa shape index (κ3) is 3.79. The Morgan fingerprint density at radius 2 is 2.00 bits per heavy atom. The van der Waals surface area contributed by atoms with E-state index in [0.29, 0.717) is 33.5 Å². The van der Waals surface area contributed by atoms with Gasteiger partial charge in [0.2, 0.25) is 0 Å². The van der Waals surface area contributed by atoms with Gasteiger partial charge in [0, 0.05) is 36.6 Å². The quantitative estimate of drug-likeness (QED) is 0.519. The number of pyridine rings is 2. The van der Waals surface area contributed by atoms with Crippen LogP contribution < -0.4 is 15.4 Å². The molecule has 1 atom stereocenters. The monoisotopic (exact) mass is 500 g/mol. The number of halogens is 2. The molecule has 8 nitrogen and oxygen atoms in total. The molecule has 3 aromatic rings. The predicted molar refractivity (Wildman–Crippen MR) is 131 cm³/mol. The van der Waals surface area contributed by atoms with Crippen LogP contribution in [-0.4, -0.2) is 45.2 Å². The minimum absolute atomic E-state index is 0.0404. The van der Waals surface area contributed by atoms with Crippen molar-refractivity contribution in [2.75, 3.05) is 25.1 Å². The van der Waals surface area contributed by atoms with Crippen molar-refractivity contribution < 1.29 is 9.84 Å². The summed E-state index contributed by atoms with van der Waals surface area (Å²) < 4.78 is 5.35. The molecule has 3 N–H and O–H groups in total. The van der Waals surface area contributed by atoms with Gasteiger partial charge in [-0.3, -0.25) is 4.98 Å². The molecule has 5 rings (SSSR count). The van der Waals surface area contributed by atoms with Gasteiger partial charge in [-0.1, -0.05) is 23.2 Å². The number of aryl methyl sites for hydroxylation is 1. The first-order valence-corrected chi connectivity index (χ1v) is 11.9. The Kier molecular flexibility index (Phi) is 6.10. The van der Waals surface area contributed by atoms with Crippen LogP contribution in [0.25, 0.3) is 11.3 Å². The maximum Gasteiger partial charge on any atom is 0.153 e. The van der Waals surface area contributed by atoms with Crippen LogP contribution in [0.2, 0.25) is 10.2 Å². The molecule has 0 unspecified atom stereocenters. The zero-order valence-corrected chi connectivity index (χ0v) is 20.6. The lowest BCUT2D eigenvalue weighted by Crippen LogP contribution is -2.45. The third-order valence-electron chi connectivity index (χ3n) is 7.16. The van der Waals surface area contributed by atoms with Crippen LogP contribution in [-0.2, 0) is 13.0 Å². The van der Waals surface area contributed by atoms with E-state index >= 15 is 0 Å². The molecule has 3 aromatic heterocycles. The van der Waals surface area contributed by atoms with Crippen molar-refractivity contribution in [3.63, 3.8) is 0 Å². The molecule has 0 radical (unpaired) electrons. The van der Waals surface area contributed by atoms with E-state index in [2.05, 4.69) is 14.9 Å². The lowest BCUT2D eigenvalue weighted by molar-refractivity contribution is 0.186. The van der Waals surface area contributed by atoms with E-state index in [1.807, 2.05) is 13.0 Å². The summed E-state index contributed by atoms with van der Waals surface area (Å²) >= 11 is 12.5. The molecule has 178 valence electrons. The smallest absolute Gasteiger partial charge is 0.153 e. The summed E-state index contributed by atoms with van der Waals surface area (Å²) in [6.45, 7) is 3.18. The summed E-state index contributed by atoms with van der Waals surface area (Å²) in [5, 5.41) is 10.6. The second kappa shape index (κ2) is 8.92. The molecule has 1 saturated heterocycles. The molecule has 1 spiro atoms. The van der Waals surface area contributed by atoms with Gasteiger partial charge in [-0.05, 0) is 49.3 Å². The number of aliphatic hydroxyl groups excluding tert-OH is 1. The Balaban J connectivity index is 1.40. The van der Waals surface area contributed by atoms with Crippen LogP contribution in [0.4, 0.5) is 5.82 Å². The number of methoxy groups -OCH3 is 1. The summed E-state index contributed by atoms with van der Waals surface area (Å²) in [7, 11) is 1.64. The van der Waals surface area contributed by atoms with E-state index in [-0.39, 0.29) is 23.2 Å². The van der Waals surface area contributed by atoms with Crippen LogP contribution in [0.1, 0.15) is 41.5 Å². The molecule has 34 heavy (non-hydrogen) atoms. The van der Waals surface area contributed by atoms with Crippen LogP contribution in [0, 0.1) is 12.3 Å². The van der Waals surface area contributed by atoms with Gasteiger partial charge >= 0.3 is 0 Å². The number of anilines is 1. The van der Waals surface area contributed by atoms with E-state index in [4.69, 9.17) is 43.6 Å². The van der Waals surface area contributed by atoms with Crippen LogP contribution in [0.5, 0.6) is 5.75 Å². The molecule has 1 aliphatic carbocycles. The summed E-state index contributed by atoms with van der Waals surface area (Å²) in [6.07, 6.45) is 5.99. The zero-order chi connectivity index (χ0) is 24.0. The Bertz CT molecular complexity index is 1250. The fraction of sp³-hybridized carbons (Fsp3) is 0.417. The maximum atomic E-state index is 10.1. The zero-order valence-electron chi connectivity index (χ0n) is 19.1. The van der Waals surface area contributed by atoms with Gasteiger partial charge in [0.25, 0.3) is 0 Å². The first kappa shape index (κ1) is 23.2. The number of nitrogens with two attached hydrogens (primary N) is 1. The van der Waals surface area contributed by atoms with E-state index < -0.39 is 0 Å². The number of rotatable bonds is 4. The normalized spacial score (nSPS) is 18.9. The van der Waals surface area contributed by atoms with Crippen molar-refractivity contribution in [1.29, 1.82) is 0 Å². The molecular formula is C24H26Cl2N6O2. The van der Waals surface area contributed by atoms with E-state index in [9.17, 15) is 5.11 Å². The minimum atomic E-state index is -0.234. The molecule has 0 aromatic carbocycles. The molecule has 0 saturated carbocycles. The highest BCUT2D eigenvalue weighted by atomic mass is 35.5. The van der Waals surface area contributed by atoms with E-state index in [0.717, 1.165) is 49.4 Å². The van der Waals surface area contributed by atoms with Crippen molar-refractivity contribution >= 4 is 29.0 Å². The van der Waals surface area contributed by atoms with Crippen LogP contribution in [0.15, 0.2) is 24.5 Å². The number of piperidine rings is 1. The molecule has 1 aliphatic heterocycles. The van der Waals surface area contributed by atoms with Gasteiger partial charge in [-0.15, -0.1) is 0 Å². The van der Waals surface area contributed by atoms with Crippen molar-refractivity contribution in [2.24, 2.45) is 11.1 Å². The second-order valence-corrected chi connectivity index (χ2v) is 9.70. The summed E-state index contributed by atoms with van der Waals surface area (Å²) in [5.74, 6) is 1.43. The second-order valence-electron chi connectivity index (χ2n) is 8.96. The van der Waals surface area contributed by atoms with Gasteiger partial charge in [0.15, 0.2) is 5.82 Å². The van der Waals surface area contributed by atoms with Gasteiger partial charge in [0.05, 0.1) is 36.3 Å². The number of fused-ring (bicyclic) bond motifs is 1. The van der Waals surface area contributed by atoms with Gasteiger partial charge in [-0.25, -0.2) is 15.0 Å². The maximum absolute atomic E-state index is 10.1. The van der Waals surface area contributed by atoms with Crippen molar-refractivity contribution in [2.45, 2.75) is 38.8 Å². The number of aliphatic hydroxyl groups is 1. The van der Waals surface area contributed by atoms with Crippen molar-refractivity contribution in [3.05, 3.63) is 57.3 Å². The fourth-order valence-corrected chi connectivity index (χ4v) is 5.56. The van der Waals surface area contributed by atoms with Crippen molar-refractivity contribution in [1.82, 2.24) is 19.9 Å².